The summed E-state index contributed by atoms with van der Waals surface area (Å²) in [6, 6.07) is 0. The topological polar surface area (TPSA) is 63.7 Å². The van der Waals surface area contributed by atoms with Crippen LogP contribution in [0.5, 0.6) is 0 Å². The summed E-state index contributed by atoms with van der Waals surface area (Å²) in [4.78, 5) is 11.0. The van der Waals surface area contributed by atoms with Crippen LogP contribution in [-0.4, -0.2) is 43.9 Å². The van der Waals surface area contributed by atoms with Gasteiger partial charge in [-0.05, 0) is 13.3 Å². The lowest BCUT2D eigenvalue weighted by Crippen LogP contribution is -2.44. The van der Waals surface area contributed by atoms with Gasteiger partial charge in [-0.15, -0.1) is 0 Å². The summed E-state index contributed by atoms with van der Waals surface area (Å²) in [6.07, 6.45) is 0.161. The number of hydrogen-bond donors (Lipinski definition) is 0. The third-order valence-corrected chi connectivity index (χ3v) is 3.29. The van der Waals surface area contributed by atoms with Gasteiger partial charge in [0.05, 0.1) is 6.61 Å². The van der Waals surface area contributed by atoms with Crippen molar-refractivity contribution in [2.24, 2.45) is 0 Å². The van der Waals surface area contributed by atoms with Gasteiger partial charge in [0.25, 0.3) is 0 Å². The maximum Gasteiger partial charge on any atom is 0.511 e. The molecule has 0 aromatic carbocycles. The SMILES string of the molecule is CCCN(CC(=O)OCC)S(=O)(=O)C(F)(F)F. The number of sulfonamides is 1. The van der Waals surface area contributed by atoms with Gasteiger partial charge in [-0.1, -0.05) is 6.92 Å². The molecule has 0 aliphatic carbocycles. The summed E-state index contributed by atoms with van der Waals surface area (Å²) in [6.45, 7) is 1.64. The van der Waals surface area contributed by atoms with Gasteiger partial charge in [0.2, 0.25) is 0 Å². The first-order valence-electron chi connectivity index (χ1n) is 4.88. The van der Waals surface area contributed by atoms with E-state index in [2.05, 4.69) is 4.74 Å². The Bertz CT molecular complexity index is 352. The molecule has 0 fully saturated rings. The molecule has 0 atom stereocenters. The number of nitrogens with zero attached hydrogens (tertiary/aromatic N) is 1. The van der Waals surface area contributed by atoms with Crippen molar-refractivity contribution in [3.05, 3.63) is 0 Å². The zero-order valence-corrected chi connectivity index (χ0v) is 10.3. The Morgan fingerprint density at radius 1 is 1.29 bits per heavy atom. The van der Waals surface area contributed by atoms with Gasteiger partial charge in [0.1, 0.15) is 6.54 Å². The fourth-order valence-corrected chi connectivity index (χ4v) is 2.02. The summed E-state index contributed by atoms with van der Waals surface area (Å²) < 4.78 is 63.4. The zero-order valence-electron chi connectivity index (χ0n) is 9.45. The molecule has 0 heterocycles. The highest BCUT2D eigenvalue weighted by molar-refractivity contribution is 7.90. The molecule has 0 saturated carbocycles. The molecule has 0 rings (SSSR count). The number of halogens is 3. The van der Waals surface area contributed by atoms with Crippen LogP contribution in [0, 0.1) is 0 Å². The minimum absolute atomic E-state index is 0.0230. The molecule has 0 aliphatic heterocycles. The lowest BCUT2D eigenvalue weighted by molar-refractivity contribution is -0.143. The minimum Gasteiger partial charge on any atom is -0.465 e. The quantitative estimate of drug-likeness (QED) is 0.682. The molecule has 5 nitrogen and oxygen atoms in total. The van der Waals surface area contributed by atoms with Gasteiger partial charge in [-0.3, -0.25) is 4.79 Å². The van der Waals surface area contributed by atoms with Crippen LogP contribution in [0.25, 0.3) is 0 Å². The zero-order chi connectivity index (χ0) is 13.7. The molecular weight excluding hydrogens is 263 g/mol. The Kier molecular flexibility index (Phi) is 5.89. The van der Waals surface area contributed by atoms with Crippen molar-refractivity contribution in [1.29, 1.82) is 0 Å². The van der Waals surface area contributed by atoms with Gasteiger partial charge >= 0.3 is 21.5 Å². The molecule has 0 bridgehead atoms. The first kappa shape index (κ1) is 16.2. The van der Waals surface area contributed by atoms with Crippen LogP contribution in [0.3, 0.4) is 0 Å². The summed E-state index contributed by atoms with van der Waals surface area (Å²) in [7, 11) is -5.48. The van der Waals surface area contributed by atoms with Crippen molar-refractivity contribution >= 4 is 16.0 Å². The van der Waals surface area contributed by atoms with Gasteiger partial charge in [-0.2, -0.15) is 17.5 Å². The van der Waals surface area contributed by atoms with Gasteiger partial charge in [0, 0.05) is 6.54 Å². The number of carbonyl (C=O) groups excluding carboxylic acids is 1. The van der Waals surface area contributed by atoms with E-state index in [9.17, 15) is 26.4 Å². The predicted octanol–water partition coefficient (Wildman–Crippen LogP) is 1.11. The van der Waals surface area contributed by atoms with Crippen LogP contribution < -0.4 is 0 Å². The van der Waals surface area contributed by atoms with E-state index in [0.29, 0.717) is 0 Å². The second-order valence-electron chi connectivity index (χ2n) is 3.09. The second kappa shape index (κ2) is 6.20. The number of alkyl halides is 3. The van der Waals surface area contributed by atoms with Crippen LogP contribution in [-0.2, 0) is 19.6 Å². The normalized spacial score (nSPS) is 12.8. The number of hydrogen-bond acceptors (Lipinski definition) is 4. The molecule has 0 radical (unpaired) electrons. The minimum atomic E-state index is -5.48. The van der Waals surface area contributed by atoms with E-state index in [1.54, 1.807) is 0 Å². The van der Waals surface area contributed by atoms with E-state index in [4.69, 9.17) is 0 Å². The average molecular weight is 277 g/mol. The maximum absolute atomic E-state index is 12.3. The van der Waals surface area contributed by atoms with Crippen LogP contribution in [0.2, 0.25) is 0 Å². The highest BCUT2D eigenvalue weighted by Crippen LogP contribution is 2.26. The Labute approximate surface area is 97.6 Å². The fourth-order valence-electron chi connectivity index (χ4n) is 1.03. The number of rotatable bonds is 6. The summed E-state index contributed by atoms with van der Waals surface area (Å²) in [5.74, 6) is -1.01. The van der Waals surface area contributed by atoms with Crippen molar-refractivity contribution in [2.75, 3.05) is 19.7 Å². The average Bonchev–Trinajstić information content (AvgIpc) is 2.15. The number of carbonyl (C=O) groups is 1. The molecule has 17 heavy (non-hydrogen) atoms. The molecule has 102 valence electrons. The van der Waals surface area contributed by atoms with Crippen molar-refractivity contribution in [1.82, 2.24) is 4.31 Å². The molecule has 9 heteroatoms. The van der Waals surface area contributed by atoms with Crippen molar-refractivity contribution in [3.63, 3.8) is 0 Å². The molecular formula is C8H14F3NO4S. The van der Waals surface area contributed by atoms with Gasteiger partial charge in [-0.25, -0.2) is 8.42 Å². The molecule has 0 aliphatic rings. The third kappa shape index (κ3) is 4.50. The molecule has 0 saturated heterocycles. The van der Waals surface area contributed by atoms with Crippen molar-refractivity contribution in [2.45, 2.75) is 25.8 Å². The monoisotopic (exact) mass is 277 g/mol. The highest BCUT2D eigenvalue weighted by Gasteiger charge is 2.50. The summed E-state index contributed by atoms with van der Waals surface area (Å²) >= 11 is 0. The van der Waals surface area contributed by atoms with Gasteiger partial charge < -0.3 is 4.74 Å². The second-order valence-corrected chi connectivity index (χ2v) is 5.02. The third-order valence-electron chi connectivity index (χ3n) is 1.72. The maximum atomic E-state index is 12.3. The first-order valence-corrected chi connectivity index (χ1v) is 6.32. The Balaban J connectivity index is 4.93. The molecule has 0 N–H and O–H groups in total. The smallest absolute Gasteiger partial charge is 0.465 e. The van der Waals surface area contributed by atoms with Crippen LogP contribution in [0.1, 0.15) is 20.3 Å². The number of ether oxygens (including phenoxy) is 1. The molecule has 0 amide bonds. The van der Waals surface area contributed by atoms with Gasteiger partial charge in [0.15, 0.2) is 0 Å². The van der Waals surface area contributed by atoms with Crippen LogP contribution in [0.4, 0.5) is 13.2 Å². The largest absolute Gasteiger partial charge is 0.511 e. The van der Waals surface area contributed by atoms with E-state index in [0.717, 1.165) is 0 Å². The molecule has 0 spiro atoms. The molecule has 0 aromatic heterocycles. The van der Waals surface area contributed by atoms with Crippen LogP contribution >= 0.6 is 0 Å². The summed E-state index contributed by atoms with van der Waals surface area (Å²) in [5.41, 5.74) is -5.41. The standard InChI is InChI=1S/C8H14F3NO4S/c1-3-5-12(6-7(13)16-4-2)17(14,15)8(9,10)11/h3-6H2,1-2H3. The number of esters is 1. The predicted molar refractivity (Wildman–Crippen MR) is 53.5 cm³/mol. The fraction of sp³-hybridized carbons (Fsp3) is 0.875. The van der Waals surface area contributed by atoms with Crippen molar-refractivity contribution < 1.29 is 31.1 Å². The molecule has 0 unspecified atom stereocenters. The Hall–Kier alpha value is -0.830. The highest BCUT2D eigenvalue weighted by atomic mass is 32.2. The lowest BCUT2D eigenvalue weighted by Gasteiger charge is -2.21. The van der Waals surface area contributed by atoms with E-state index in [1.165, 1.54) is 13.8 Å². The Morgan fingerprint density at radius 3 is 2.18 bits per heavy atom. The van der Waals surface area contributed by atoms with E-state index in [-0.39, 0.29) is 23.9 Å². The van der Waals surface area contributed by atoms with Crippen LogP contribution in [0.15, 0.2) is 0 Å². The first-order chi connectivity index (χ1) is 7.66. The van der Waals surface area contributed by atoms with E-state index >= 15 is 0 Å². The van der Waals surface area contributed by atoms with E-state index < -0.39 is 28.0 Å². The van der Waals surface area contributed by atoms with E-state index in [1.807, 2.05) is 0 Å². The summed E-state index contributed by atoms with van der Waals surface area (Å²) in [5, 5.41) is 0. The lowest BCUT2D eigenvalue weighted by atomic mass is 10.5. The van der Waals surface area contributed by atoms with Crippen molar-refractivity contribution in [3.8, 4) is 0 Å². The Morgan fingerprint density at radius 2 is 1.82 bits per heavy atom. The molecule has 0 aromatic rings.